The summed E-state index contributed by atoms with van der Waals surface area (Å²) in [6.07, 6.45) is 3.92. The Hall–Kier alpha value is -1.94. The molecule has 0 unspecified atom stereocenters. The Kier molecular flexibility index (Phi) is 6.24. The van der Waals surface area contributed by atoms with Crippen molar-refractivity contribution in [2.45, 2.75) is 54.1 Å². The van der Waals surface area contributed by atoms with Gasteiger partial charge >= 0.3 is 0 Å². The number of halogens is 1. The van der Waals surface area contributed by atoms with Gasteiger partial charge in [-0.05, 0) is 55.5 Å². The van der Waals surface area contributed by atoms with E-state index < -0.39 is 10.0 Å². The third-order valence-corrected chi connectivity index (χ3v) is 9.03. The number of imidazole rings is 1. The molecule has 0 bridgehead atoms. The Morgan fingerprint density at radius 3 is 2.69 bits per heavy atom. The first-order chi connectivity index (χ1) is 15.5. The lowest BCUT2D eigenvalue weighted by molar-refractivity contribution is 0.0960. The average molecular weight is 476 g/mol. The second kappa shape index (κ2) is 9.13. The van der Waals surface area contributed by atoms with Crippen LogP contribution in [0.15, 0.2) is 52.5 Å². The van der Waals surface area contributed by atoms with Crippen molar-refractivity contribution in [3.05, 3.63) is 53.8 Å². The van der Waals surface area contributed by atoms with E-state index in [4.69, 9.17) is 9.72 Å². The zero-order chi connectivity index (χ0) is 22.1. The van der Waals surface area contributed by atoms with Gasteiger partial charge in [0.2, 0.25) is 10.0 Å². The second-order valence-electron chi connectivity index (χ2n) is 8.28. The molecule has 2 saturated heterocycles. The van der Waals surface area contributed by atoms with Crippen LogP contribution in [0.1, 0.15) is 31.2 Å². The Morgan fingerprint density at radius 2 is 1.94 bits per heavy atom. The minimum Gasteiger partial charge on any atom is -0.376 e. The normalized spacial score (nSPS) is 19.8. The van der Waals surface area contributed by atoms with Gasteiger partial charge in [0.25, 0.3) is 0 Å². The number of hydrogen-bond donors (Lipinski definition) is 0. The van der Waals surface area contributed by atoms with Crippen molar-refractivity contribution in [3.63, 3.8) is 0 Å². The zero-order valence-electron chi connectivity index (χ0n) is 17.7. The van der Waals surface area contributed by atoms with Crippen LogP contribution in [0.2, 0.25) is 0 Å². The van der Waals surface area contributed by atoms with Gasteiger partial charge in [-0.15, -0.1) is 0 Å². The van der Waals surface area contributed by atoms with Gasteiger partial charge in [-0.3, -0.25) is 0 Å². The van der Waals surface area contributed by atoms with Gasteiger partial charge in [0.1, 0.15) is 5.82 Å². The minimum atomic E-state index is -3.51. The van der Waals surface area contributed by atoms with Crippen molar-refractivity contribution in [2.75, 3.05) is 19.7 Å². The topological polar surface area (TPSA) is 64.4 Å². The van der Waals surface area contributed by atoms with Crippen LogP contribution in [0.3, 0.4) is 0 Å². The monoisotopic (exact) mass is 475 g/mol. The number of ether oxygens (including phenoxy) is 1. The van der Waals surface area contributed by atoms with E-state index in [2.05, 4.69) is 4.57 Å². The number of fused-ring (bicyclic) bond motifs is 1. The molecule has 2 aliphatic heterocycles. The molecule has 0 spiro atoms. The fourth-order valence-electron chi connectivity index (χ4n) is 4.36. The molecule has 2 aliphatic rings. The van der Waals surface area contributed by atoms with Crippen molar-refractivity contribution in [1.29, 1.82) is 0 Å². The fraction of sp³-hybridized carbons (Fsp3) is 0.435. The summed E-state index contributed by atoms with van der Waals surface area (Å²) in [5, 5.41) is 0.745. The first kappa shape index (κ1) is 21.9. The highest BCUT2D eigenvalue weighted by Crippen LogP contribution is 2.31. The number of nitrogens with zero attached hydrogens (tertiary/aromatic N) is 3. The molecule has 3 aromatic rings. The molecule has 6 nitrogen and oxygen atoms in total. The molecule has 0 saturated carbocycles. The summed E-state index contributed by atoms with van der Waals surface area (Å²) in [7, 11) is -3.51. The van der Waals surface area contributed by atoms with Crippen LogP contribution < -0.4 is 0 Å². The largest absolute Gasteiger partial charge is 0.376 e. The standard InChI is InChI=1S/C23H26FN3O3S2/c24-20-8-2-1-6-17(20)16-31-23-25-21-14-19(32(28,29)26-11-3-4-12-26)9-10-22(21)27(23)15-18-7-5-13-30-18/h1-2,6,8-10,14,18H,3-5,7,11-13,15-16H2/t18-/m0/s1. The molecule has 1 aromatic heterocycles. The Balaban J connectivity index is 1.49. The second-order valence-corrected chi connectivity index (χ2v) is 11.2. The predicted molar refractivity (Wildman–Crippen MR) is 123 cm³/mol. The van der Waals surface area contributed by atoms with E-state index >= 15 is 0 Å². The van der Waals surface area contributed by atoms with Gasteiger partial charge in [0.05, 0.1) is 28.6 Å². The molecular weight excluding hydrogens is 449 g/mol. The van der Waals surface area contributed by atoms with Crippen LogP contribution >= 0.6 is 11.8 Å². The van der Waals surface area contributed by atoms with E-state index in [-0.39, 0.29) is 16.8 Å². The summed E-state index contributed by atoms with van der Waals surface area (Å²) in [6.45, 7) is 2.54. The molecule has 0 radical (unpaired) electrons. The van der Waals surface area contributed by atoms with Crippen LogP contribution in [0.25, 0.3) is 11.0 Å². The van der Waals surface area contributed by atoms with Crippen molar-refractivity contribution in [1.82, 2.24) is 13.9 Å². The fourth-order valence-corrected chi connectivity index (χ4v) is 6.91. The van der Waals surface area contributed by atoms with Crippen LogP contribution in [-0.4, -0.2) is 48.1 Å². The molecule has 170 valence electrons. The van der Waals surface area contributed by atoms with Crippen molar-refractivity contribution in [3.8, 4) is 0 Å². The van der Waals surface area contributed by atoms with E-state index in [0.717, 1.165) is 43.0 Å². The summed E-state index contributed by atoms with van der Waals surface area (Å²) < 4.78 is 49.6. The van der Waals surface area contributed by atoms with E-state index in [1.165, 1.54) is 17.8 Å². The summed E-state index contributed by atoms with van der Waals surface area (Å²) >= 11 is 1.46. The number of hydrogen-bond acceptors (Lipinski definition) is 5. The van der Waals surface area contributed by atoms with Crippen LogP contribution in [0, 0.1) is 5.82 Å². The highest BCUT2D eigenvalue weighted by molar-refractivity contribution is 7.98. The van der Waals surface area contributed by atoms with Gasteiger partial charge in [-0.2, -0.15) is 4.31 Å². The van der Waals surface area contributed by atoms with Crippen LogP contribution in [0.4, 0.5) is 4.39 Å². The molecule has 3 heterocycles. The van der Waals surface area contributed by atoms with E-state index in [0.29, 0.717) is 36.5 Å². The highest BCUT2D eigenvalue weighted by Gasteiger charge is 2.28. The number of benzene rings is 2. The molecule has 0 aliphatic carbocycles. The lowest BCUT2D eigenvalue weighted by Gasteiger charge is -2.16. The maximum Gasteiger partial charge on any atom is 0.243 e. The quantitative estimate of drug-likeness (QED) is 0.473. The first-order valence-corrected chi connectivity index (χ1v) is 13.4. The number of sulfonamides is 1. The maximum absolute atomic E-state index is 14.1. The Bertz CT molecular complexity index is 1220. The molecule has 0 amide bonds. The summed E-state index contributed by atoms with van der Waals surface area (Å²) in [5.41, 5.74) is 2.13. The van der Waals surface area contributed by atoms with Crippen molar-refractivity contribution in [2.24, 2.45) is 0 Å². The molecule has 32 heavy (non-hydrogen) atoms. The smallest absolute Gasteiger partial charge is 0.243 e. The lowest BCUT2D eigenvalue weighted by atomic mass is 10.2. The van der Waals surface area contributed by atoms with E-state index in [1.54, 1.807) is 28.6 Å². The van der Waals surface area contributed by atoms with Gasteiger partial charge in [-0.1, -0.05) is 30.0 Å². The number of thioether (sulfide) groups is 1. The molecule has 2 aromatic carbocycles. The van der Waals surface area contributed by atoms with Crippen molar-refractivity contribution < 1.29 is 17.5 Å². The Morgan fingerprint density at radius 1 is 1.12 bits per heavy atom. The van der Waals surface area contributed by atoms with Gasteiger partial charge < -0.3 is 9.30 Å². The van der Waals surface area contributed by atoms with Crippen LogP contribution in [0.5, 0.6) is 0 Å². The van der Waals surface area contributed by atoms with Gasteiger partial charge in [0.15, 0.2) is 5.16 Å². The molecule has 5 rings (SSSR count). The third kappa shape index (κ3) is 4.31. The Labute approximate surface area is 191 Å². The zero-order valence-corrected chi connectivity index (χ0v) is 19.4. The highest BCUT2D eigenvalue weighted by atomic mass is 32.2. The maximum atomic E-state index is 14.1. The third-order valence-electron chi connectivity index (χ3n) is 6.11. The first-order valence-electron chi connectivity index (χ1n) is 11.0. The molecule has 0 N–H and O–H groups in total. The summed E-state index contributed by atoms with van der Waals surface area (Å²) in [4.78, 5) is 5.04. The number of rotatable bonds is 7. The SMILES string of the molecule is O=S(=O)(c1ccc2c(c1)nc(SCc1ccccc1F)n2C[C@@H]1CCCO1)N1CCCC1. The molecular formula is C23H26FN3O3S2. The van der Waals surface area contributed by atoms with Gasteiger partial charge in [0, 0.05) is 25.4 Å². The summed E-state index contributed by atoms with van der Waals surface area (Å²) in [5.74, 6) is 0.210. The lowest BCUT2D eigenvalue weighted by Crippen LogP contribution is -2.27. The molecule has 2 fully saturated rings. The van der Waals surface area contributed by atoms with E-state index in [9.17, 15) is 12.8 Å². The van der Waals surface area contributed by atoms with Crippen LogP contribution in [-0.2, 0) is 27.1 Å². The summed E-state index contributed by atoms with van der Waals surface area (Å²) in [6, 6.07) is 11.9. The van der Waals surface area contributed by atoms with Crippen molar-refractivity contribution >= 4 is 32.8 Å². The predicted octanol–water partition coefficient (Wildman–Crippen LogP) is 4.43. The van der Waals surface area contributed by atoms with E-state index in [1.807, 2.05) is 12.1 Å². The van der Waals surface area contributed by atoms with Gasteiger partial charge in [-0.25, -0.2) is 17.8 Å². The average Bonchev–Trinajstić information content (AvgIpc) is 3.55. The molecule has 1 atom stereocenters. The minimum absolute atomic E-state index is 0.105. The number of aromatic nitrogens is 2. The molecule has 9 heteroatoms.